The Kier molecular flexibility index (Phi) is 6.39. The lowest BCUT2D eigenvalue weighted by Crippen LogP contribution is -2.49. The van der Waals surface area contributed by atoms with E-state index in [1.807, 2.05) is 47.4 Å². The predicted molar refractivity (Wildman–Crippen MR) is 106 cm³/mol. The Bertz CT molecular complexity index is 745. The molecule has 0 aliphatic carbocycles. The number of piperazine rings is 1. The first-order chi connectivity index (χ1) is 12.7. The number of ether oxygens (including phenoxy) is 2. The standard InChI is InChI=1S/C20H23BrN2O3/c1-25-19-8-3-2-7-18(19)22-10-12-23(13-11-22)20(24)9-14-26-17-6-4-5-16(21)15-17/h2-8,15H,9-14H2,1H3. The number of benzene rings is 2. The van der Waals surface area contributed by atoms with Crippen molar-refractivity contribution in [2.75, 3.05) is 44.8 Å². The first kappa shape index (κ1) is 18.6. The molecule has 0 radical (unpaired) electrons. The molecule has 0 bridgehead atoms. The SMILES string of the molecule is COc1ccccc1N1CCN(C(=O)CCOc2cccc(Br)c2)CC1. The van der Waals surface area contributed by atoms with Gasteiger partial charge in [-0.3, -0.25) is 4.79 Å². The molecule has 1 fully saturated rings. The highest BCUT2D eigenvalue weighted by molar-refractivity contribution is 9.10. The van der Waals surface area contributed by atoms with E-state index in [-0.39, 0.29) is 5.91 Å². The highest BCUT2D eigenvalue weighted by Crippen LogP contribution is 2.28. The van der Waals surface area contributed by atoms with E-state index >= 15 is 0 Å². The van der Waals surface area contributed by atoms with Crippen molar-refractivity contribution >= 4 is 27.5 Å². The molecule has 3 rings (SSSR count). The summed E-state index contributed by atoms with van der Waals surface area (Å²) in [4.78, 5) is 16.6. The Hall–Kier alpha value is -2.21. The van der Waals surface area contributed by atoms with Gasteiger partial charge in [0.25, 0.3) is 0 Å². The second kappa shape index (κ2) is 8.94. The molecular weight excluding hydrogens is 396 g/mol. The third-order valence-electron chi connectivity index (χ3n) is 4.44. The normalized spacial score (nSPS) is 14.2. The summed E-state index contributed by atoms with van der Waals surface area (Å²) < 4.78 is 12.1. The Labute approximate surface area is 162 Å². The van der Waals surface area contributed by atoms with Gasteiger partial charge in [0.15, 0.2) is 0 Å². The number of carbonyl (C=O) groups is 1. The molecule has 0 aromatic heterocycles. The number of anilines is 1. The van der Waals surface area contributed by atoms with Crippen LogP contribution < -0.4 is 14.4 Å². The van der Waals surface area contributed by atoms with E-state index in [2.05, 4.69) is 26.9 Å². The maximum atomic E-state index is 12.4. The molecule has 0 unspecified atom stereocenters. The summed E-state index contributed by atoms with van der Waals surface area (Å²) in [6.45, 7) is 3.43. The van der Waals surface area contributed by atoms with Crippen LogP contribution in [0, 0.1) is 0 Å². The topological polar surface area (TPSA) is 42.0 Å². The predicted octanol–water partition coefficient (Wildman–Crippen LogP) is 3.58. The van der Waals surface area contributed by atoms with Crippen LogP contribution in [-0.2, 0) is 4.79 Å². The summed E-state index contributed by atoms with van der Waals surface area (Å²) >= 11 is 3.41. The summed E-state index contributed by atoms with van der Waals surface area (Å²) in [5.41, 5.74) is 1.08. The van der Waals surface area contributed by atoms with Gasteiger partial charge in [0.1, 0.15) is 11.5 Å². The van der Waals surface area contributed by atoms with Crippen molar-refractivity contribution in [3.63, 3.8) is 0 Å². The third-order valence-corrected chi connectivity index (χ3v) is 4.93. The quantitative estimate of drug-likeness (QED) is 0.718. The molecule has 0 atom stereocenters. The van der Waals surface area contributed by atoms with Crippen LogP contribution >= 0.6 is 15.9 Å². The lowest BCUT2D eigenvalue weighted by atomic mass is 10.2. The minimum absolute atomic E-state index is 0.139. The lowest BCUT2D eigenvalue weighted by Gasteiger charge is -2.36. The molecule has 5 nitrogen and oxygen atoms in total. The fourth-order valence-corrected chi connectivity index (χ4v) is 3.44. The van der Waals surface area contributed by atoms with Crippen LogP contribution in [0.5, 0.6) is 11.5 Å². The van der Waals surface area contributed by atoms with E-state index in [9.17, 15) is 4.79 Å². The second-order valence-corrected chi connectivity index (χ2v) is 7.01. The first-order valence-corrected chi connectivity index (χ1v) is 9.51. The summed E-state index contributed by atoms with van der Waals surface area (Å²) in [7, 11) is 1.68. The number of para-hydroxylation sites is 2. The van der Waals surface area contributed by atoms with E-state index in [0.717, 1.165) is 34.7 Å². The largest absolute Gasteiger partial charge is 0.495 e. The minimum Gasteiger partial charge on any atom is -0.495 e. The van der Waals surface area contributed by atoms with Gasteiger partial charge < -0.3 is 19.3 Å². The molecule has 2 aromatic rings. The maximum absolute atomic E-state index is 12.4. The molecule has 1 amide bonds. The molecule has 0 saturated carbocycles. The zero-order chi connectivity index (χ0) is 18.4. The Morgan fingerprint density at radius 3 is 2.58 bits per heavy atom. The molecule has 0 spiro atoms. The summed E-state index contributed by atoms with van der Waals surface area (Å²) in [6.07, 6.45) is 0.390. The van der Waals surface area contributed by atoms with Crippen LogP contribution in [0.1, 0.15) is 6.42 Å². The number of carbonyl (C=O) groups excluding carboxylic acids is 1. The zero-order valence-electron chi connectivity index (χ0n) is 14.9. The molecular formula is C20H23BrN2O3. The highest BCUT2D eigenvalue weighted by Gasteiger charge is 2.22. The molecule has 0 N–H and O–H groups in total. The Morgan fingerprint density at radius 2 is 1.85 bits per heavy atom. The minimum atomic E-state index is 0.139. The molecule has 6 heteroatoms. The van der Waals surface area contributed by atoms with Gasteiger partial charge in [-0.25, -0.2) is 0 Å². The van der Waals surface area contributed by atoms with Crippen molar-refractivity contribution < 1.29 is 14.3 Å². The zero-order valence-corrected chi connectivity index (χ0v) is 16.4. The summed E-state index contributed by atoms with van der Waals surface area (Å²) in [5, 5.41) is 0. The van der Waals surface area contributed by atoms with Crippen LogP contribution in [0.2, 0.25) is 0 Å². The van der Waals surface area contributed by atoms with Gasteiger partial charge in [-0.1, -0.05) is 34.1 Å². The van der Waals surface area contributed by atoms with Crippen molar-refractivity contribution in [3.05, 3.63) is 53.0 Å². The van der Waals surface area contributed by atoms with E-state index in [1.165, 1.54) is 0 Å². The van der Waals surface area contributed by atoms with Crippen LogP contribution in [0.15, 0.2) is 53.0 Å². The second-order valence-electron chi connectivity index (χ2n) is 6.10. The Morgan fingerprint density at radius 1 is 1.08 bits per heavy atom. The molecule has 138 valence electrons. The number of hydrogen-bond acceptors (Lipinski definition) is 4. The average molecular weight is 419 g/mol. The van der Waals surface area contributed by atoms with Gasteiger partial charge in [0.2, 0.25) is 5.91 Å². The number of rotatable bonds is 6. The van der Waals surface area contributed by atoms with Crippen LogP contribution in [0.25, 0.3) is 0 Å². The van der Waals surface area contributed by atoms with Gasteiger partial charge in [0.05, 0.1) is 25.8 Å². The molecule has 1 heterocycles. The highest BCUT2D eigenvalue weighted by atomic mass is 79.9. The van der Waals surface area contributed by atoms with Gasteiger partial charge in [-0.05, 0) is 30.3 Å². The van der Waals surface area contributed by atoms with Crippen LogP contribution in [0.3, 0.4) is 0 Å². The van der Waals surface area contributed by atoms with Crippen molar-refractivity contribution in [2.45, 2.75) is 6.42 Å². The number of amides is 1. The average Bonchev–Trinajstić information content (AvgIpc) is 2.68. The Balaban J connectivity index is 1.46. The number of halogens is 1. The van der Waals surface area contributed by atoms with Crippen molar-refractivity contribution in [1.29, 1.82) is 0 Å². The lowest BCUT2D eigenvalue weighted by molar-refractivity contribution is -0.132. The fraction of sp³-hybridized carbons (Fsp3) is 0.350. The van der Waals surface area contributed by atoms with E-state index in [4.69, 9.17) is 9.47 Å². The first-order valence-electron chi connectivity index (χ1n) is 8.71. The molecule has 1 saturated heterocycles. The van der Waals surface area contributed by atoms with Crippen molar-refractivity contribution in [1.82, 2.24) is 4.90 Å². The van der Waals surface area contributed by atoms with Gasteiger partial charge in [-0.15, -0.1) is 0 Å². The van der Waals surface area contributed by atoms with Gasteiger partial charge in [0, 0.05) is 30.7 Å². The van der Waals surface area contributed by atoms with Crippen LogP contribution in [0.4, 0.5) is 5.69 Å². The number of nitrogens with zero attached hydrogens (tertiary/aromatic N) is 2. The van der Waals surface area contributed by atoms with Crippen molar-refractivity contribution in [3.8, 4) is 11.5 Å². The summed E-state index contributed by atoms with van der Waals surface area (Å²) in [5.74, 6) is 1.78. The monoisotopic (exact) mass is 418 g/mol. The summed E-state index contributed by atoms with van der Waals surface area (Å²) in [6, 6.07) is 15.6. The van der Waals surface area contributed by atoms with Gasteiger partial charge in [-0.2, -0.15) is 0 Å². The smallest absolute Gasteiger partial charge is 0.226 e. The number of hydrogen-bond donors (Lipinski definition) is 0. The molecule has 26 heavy (non-hydrogen) atoms. The van der Waals surface area contributed by atoms with Crippen LogP contribution in [-0.4, -0.2) is 50.7 Å². The third kappa shape index (κ3) is 4.69. The molecule has 1 aliphatic heterocycles. The van der Waals surface area contributed by atoms with Crippen molar-refractivity contribution in [2.24, 2.45) is 0 Å². The maximum Gasteiger partial charge on any atom is 0.226 e. The van der Waals surface area contributed by atoms with E-state index in [0.29, 0.717) is 26.1 Å². The molecule has 2 aromatic carbocycles. The van der Waals surface area contributed by atoms with E-state index < -0.39 is 0 Å². The fourth-order valence-electron chi connectivity index (χ4n) is 3.06. The van der Waals surface area contributed by atoms with Gasteiger partial charge >= 0.3 is 0 Å². The molecule has 1 aliphatic rings. The van der Waals surface area contributed by atoms with E-state index in [1.54, 1.807) is 7.11 Å². The number of methoxy groups -OCH3 is 1.